The number of rotatable bonds is 7. The fourth-order valence-electron chi connectivity index (χ4n) is 1.87. The molecule has 0 aliphatic carbocycles. The van der Waals surface area contributed by atoms with Crippen LogP contribution in [0.4, 0.5) is 0 Å². The molecule has 0 aliphatic rings. The first-order valence-corrected chi connectivity index (χ1v) is 9.78. The first-order chi connectivity index (χ1) is 10.8. The molecular weight excluding hydrogens is 340 g/mol. The first-order valence-electron chi connectivity index (χ1n) is 6.68. The van der Waals surface area contributed by atoms with Gasteiger partial charge in [0.1, 0.15) is 0 Å². The van der Waals surface area contributed by atoms with Crippen LogP contribution < -0.4 is 0 Å². The van der Waals surface area contributed by atoms with E-state index in [-0.39, 0.29) is 11.0 Å². The summed E-state index contributed by atoms with van der Waals surface area (Å²) in [5.41, 5.74) is 1.10. The predicted octanol–water partition coefficient (Wildman–Crippen LogP) is 2.90. The third-order valence-corrected chi connectivity index (χ3v) is 6.31. The van der Waals surface area contributed by atoms with E-state index in [0.717, 1.165) is 0 Å². The van der Waals surface area contributed by atoms with E-state index in [2.05, 4.69) is 0 Å². The molecule has 0 fully saturated rings. The Morgan fingerprint density at radius 2 is 1.30 bits per heavy atom. The van der Waals surface area contributed by atoms with Gasteiger partial charge in [-0.05, 0) is 11.1 Å². The molecule has 0 radical (unpaired) electrons. The van der Waals surface area contributed by atoms with E-state index >= 15 is 0 Å². The van der Waals surface area contributed by atoms with Crippen LogP contribution in [0, 0.1) is 0 Å². The van der Waals surface area contributed by atoms with Gasteiger partial charge in [0.05, 0.1) is 6.61 Å². The summed E-state index contributed by atoms with van der Waals surface area (Å²) >= 11 is 0. The molecule has 1 unspecified atom stereocenters. The second-order valence-corrected chi connectivity index (χ2v) is 8.33. The summed E-state index contributed by atoms with van der Waals surface area (Å²) in [5.74, 6) is 0. The Hall–Kier alpha value is -1.30. The molecule has 0 amide bonds. The van der Waals surface area contributed by atoms with E-state index in [4.69, 9.17) is 4.52 Å². The van der Waals surface area contributed by atoms with Gasteiger partial charge in [-0.25, -0.2) is 9.13 Å². The van der Waals surface area contributed by atoms with Crippen LogP contribution in [0.5, 0.6) is 0 Å². The molecule has 0 saturated carbocycles. The summed E-state index contributed by atoms with van der Waals surface area (Å²) < 4.78 is 29.0. The van der Waals surface area contributed by atoms with Crippen molar-refractivity contribution in [1.29, 1.82) is 0 Å². The summed E-state index contributed by atoms with van der Waals surface area (Å²) in [6.45, 7) is -0.645. The standard InChI is InChI=1S/C14H17NO6P2/c16-22(17,18)15(11-13-7-3-1-4-8-13)23(19,20)21-12-14-9-5-2-6-10-14/h1-10H,11-12H2,(H,19,20)(H2,16,17,18). The Kier molecular flexibility index (Phi) is 5.89. The molecule has 0 saturated heterocycles. The number of benzene rings is 2. The van der Waals surface area contributed by atoms with Gasteiger partial charge in [0, 0.05) is 6.54 Å². The van der Waals surface area contributed by atoms with E-state index in [1.165, 1.54) is 0 Å². The summed E-state index contributed by atoms with van der Waals surface area (Å²) in [5, 5.41) is 0. The van der Waals surface area contributed by atoms with Gasteiger partial charge in [-0.1, -0.05) is 60.7 Å². The Bertz CT molecular complexity index is 719. The van der Waals surface area contributed by atoms with Crippen LogP contribution in [-0.2, 0) is 26.8 Å². The molecule has 7 nitrogen and oxygen atoms in total. The van der Waals surface area contributed by atoms with Crippen LogP contribution in [0.15, 0.2) is 60.7 Å². The first kappa shape index (κ1) is 18.0. The largest absolute Gasteiger partial charge is 0.415 e. The molecule has 2 aromatic carbocycles. The van der Waals surface area contributed by atoms with Crippen LogP contribution in [0.25, 0.3) is 0 Å². The molecule has 124 valence electrons. The van der Waals surface area contributed by atoms with Gasteiger partial charge in [0.15, 0.2) is 0 Å². The maximum Gasteiger partial charge on any atom is 0.415 e. The zero-order chi connectivity index (χ0) is 16.9. The van der Waals surface area contributed by atoms with Crippen molar-refractivity contribution < 1.29 is 28.3 Å². The number of nitrogens with zero attached hydrogens (tertiary/aromatic N) is 1. The van der Waals surface area contributed by atoms with Gasteiger partial charge < -0.3 is 14.7 Å². The Morgan fingerprint density at radius 1 is 0.826 bits per heavy atom. The highest BCUT2D eigenvalue weighted by Gasteiger charge is 2.42. The highest BCUT2D eigenvalue weighted by atomic mass is 31.3. The highest BCUT2D eigenvalue weighted by Crippen LogP contribution is 2.62. The average Bonchev–Trinajstić information content (AvgIpc) is 2.52. The van der Waals surface area contributed by atoms with Gasteiger partial charge in [0.2, 0.25) is 0 Å². The monoisotopic (exact) mass is 357 g/mol. The molecule has 23 heavy (non-hydrogen) atoms. The third-order valence-electron chi connectivity index (χ3n) is 3.00. The van der Waals surface area contributed by atoms with Gasteiger partial charge >= 0.3 is 15.5 Å². The van der Waals surface area contributed by atoms with E-state index in [1.807, 2.05) is 0 Å². The third kappa shape index (κ3) is 5.37. The molecule has 0 spiro atoms. The lowest BCUT2D eigenvalue weighted by atomic mass is 10.2. The van der Waals surface area contributed by atoms with Crippen molar-refractivity contribution in [2.45, 2.75) is 13.2 Å². The lowest BCUT2D eigenvalue weighted by Crippen LogP contribution is -2.18. The minimum atomic E-state index is -4.99. The lowest BCUT2D eigenvalue weighted by molar-refractivity contribution is 0.202. The van der Waals surface area contributed by atoms with Gasteiger partial charge in [-0.15, -0.1) is 4.44 Å². The van der Waals surface area contributed by atoms with Crippen molar-refractivity contribution in [2.24, 2.45) is 0 Å². The fourth-order valence-corrected chi connectivity index (χ4v) is 4.35. The minimum Gasteiger partial charge on any atom is -0.312 e. The smallest absolute Gasteiger partial charge is 0.312 e. The minimum absolute atomic E-state index is 0.193. The Balaban J connectivity index is 2.17. The van der Waals surface area contributed by atoms with Crippen LogP contribution in [0.3, 0.4) is 0 Å². The number of hydrogen-bond donors (Lipinski definition) is 3. The van der Waals surface area contributed by atoms with Crippen molar-refractivity contribution in [3.63, 3.8) is 0 Å². The second kappa shape index (κ2) is 7.51. The Morgan fingerprint density at radius 3 is 1.78 bits per heavy atom. The van der Waals surface area contributed by atoms with Crippen molar-refractivity contribution in [3.8, 4) is 0 Å². The van der Waals surface area contributed by atoms with Crippen LogP contribution in [-0.4, -0.2) is 19.1 Å². The highest BCUT2D eigenvalue weighted by molar-refractivity contribution is 7.65. The average molecular weight is 357 g/mol. The fraction of sp³-hybridized carbons (Fsp3) is 0.143. The molecule has 9 heteroatoms. The van der Waals surface area contributed by atoms with Crippen LogP contribution in [0.1, 0.15) is 11.1 Å². The van der Waals surface area contributed by atoms with Gasteiger partial charge in [0.25, 0.3) is 0 Å². The topological polar surface area (TPSA) is 107 Å². The zero-order valence-corrected chi connectivity index (χ0v) is 13.9. The normalized spacial score (nSPS) is 14.6. The van der Waals surface area contributed by atoms with Gasteiger partial charge in [-0.2, -0.15) is 0 Å². The van der Waals surface area contributed by atoms with Crippen LogP contribution >= 0.6 is 15.5 Å². The molecule has 0 aromatic heterocycles. The summed E-state index contributed by atoms with van der Waals surface area (Å²) in [4.78, 5) is 28.8. The molecule has 3 N–H and O–H groups in total. The second-order valence-electron chi connectivity index (χ2n) is 4.78. The number of hydrogen-bond acceptors (Lipinski definition) is 3. The summed E-state index contributed by atoms with van der Waals surface area (Å²) in [6.07, 6.45) is 0. The SMILES string of the molecule is O=P(O)(O)N(Cc1ccccc1)P(=O)(O)OCc1ccccc1. The molecule has 0 aliphatic heterocycles. The van der Waals surface area contributed by atoms with Crippen molar-refractivity contribution in [1.82, 2.24) is 4.44 Å². The molecular formula is C14H17NO6P2. The molecule has 2 rings (SSSR count). The quantitative estimate of drug-likeness (QED) is 0.654. The molecule has 0 bridgehead atoms. The maximum absolute atomic E-state index is 12.3. The van der Waals surface area contributed by atoms with E-state index in [9.17, 15) is 23.8 Å². The van der Waals surface area contributed by atoms with Crippen molar-refractivity contribution >= 4 is 15.5 Å². The molecule has 2 aromatic rings. The van der Waals surface area contributed by atoms with Gasteiger partial charge in [-0.3, -0.25) is 4.52 Å². The van der Waals surface area contributed by atoms with E-state index in [1.54, 1.807) is 60.7 Å². The van der Waals surface area contributed by atoms with Crippen molar-refractivity contribution in [3.05, 3.63) is 71.8 Å². The zero-order valence-electron chi connectivity index (χ0n) is 12.1. The Labute approximate surface area is 134 Å². The predicted molar refractivity (Wildman–Crippen MR) is 85.1 cm³/mol. The molecule has 1 atom stereocenters. The van der Waals surface area contributed by atoms with E-state index in [0.29, 0.717) is 11.1 Å². The van der Waals surface area contributed by atoms with Crippen LogP contribution in [0.2, 0.25) is 0 Å². The lowest BCUT2D eigenvalue weighted by Gasteiger charge is -2.26. The van der Waals surface area contributed by atoms with E-state index < -0.39 is 22.0 Å². The molecule has 0 heterocycles. The summed E-state index contributed by atoms with van der Waals surface area (Å²) in [6, 6.07) is 16.9. The summed E-state index contributed by atoms with van der Waals surface area (Å²) in [7, 11) is -9.67. The van der Waals surface area contributed by atoms with Crippen molar-refractivity contribution in [2.75, 3.05) is 0 Å². The maximum atomic E-state index is 12.3.